The molecule has 8 nitrogen and oxygen atoms in total. The molecular weight excluding hydrogens is 470 g/mol. The van der Waals surface area contributed by atoms with Gasteiger partial charge in [0.05, 0.1) is 0 Å². The summed E-state index contributed by atoms with van der Waals surface area (Å²) in [7, 11) is 0. The highest BCUT2D eigenvalue weighted by Gasteiger charge is 2.42. The quantitative estimate of drug-likeness (QED) is 0.462. The molecule has 0 radical (unpaired) electrons. The molecule has 1 fully saturated rings. The Hall–Kier alpha value is -3.55. The van der Waals surface area contributed by atoms with Crippen LogP contribution < -0.4 is 10.6 Å². The maximum absolute atomic E-state index is 14.3. The van der Waals surface area contributed by atoms with Gasteiger partial charge in [-0.25, -0.2) is 4.79 Å². The number of phenols is 1. The number of rotatable bonds is 9. The van der Waals surface area contributed by atoms with E-state index in [1.54, 1.807) is 37.8 Å². The summed E-state index contributed by atoms with van der Waals surface area (Å²) in [6, 6.07) is 13.6. The molecular formula is C29H39N3O5. The standard InChI is InChI=1S/C29H39N3O5/c1-19(2)30-26(34)25(21-13-9-16-23(33)18-21)32(22-14-10-15-22)27(35)24(17-20-11-7-6-8-12-20)31-28(36)37-29(3,4)5/h6-9,11-13,16,18-19,22,24-25,33H,10,14-15,17H2,1-5H3,(H,30,34)(H,31,36). The van der Waals surface area contributed by atoms with Crippen molar-refractivity contribution in [2.75, 3.05) is 0 Å². The van der Waals surface area contributed by atoms with Gasteiger partial charge in [-0.3, -0.25) is 9.59 Å². The maximum atomic E-state index is 14.3. The van der Waals surface area contributed by atoms with Crippen LogP contribution in [0, 0.1) is 0 Å². The average Bonchev–Trinajstić information content (AvgIpc) is 2.75. The number of ether oxygens (including phenoxy) is 1. The highest BCUT2D eigenvalue weighted by Crippen LogP contribution is 2.35. The van der Waals surface area contributed by atoms with E-state index in [0.717, 1.165) is 24.8 Å². The van der Waals surface area contributed by atoms with Gasteiger partial charge in [0, 0.05) is 18.5 Å². The molecule has 0 heterocycles. The number of amides is 3. The fourth-order valence-corrected chi connectivity index (χ4v) is 4.36. The van der Waals surface area contributed by atoms with Gasteiger partial charge in [-0.05, 0) is 77.1 Å². The summed E-state index contributed by atoms with van der Waals surface area (Å²) in [6.45, 7) is 8.99. The van der Waals surface area contributed by atoms with E-state index in [1.165, 1.54) is 12.1 Å². The van der Waals surface area contributed by atoms with E-state index in [-0.39, 0.29) is 36.1 Å². The molecule has 1 aliphatic carbocycles. The van der Waals surface area contributed by atoms with Crippen molar-refractivity contribution in [3.8, 4) is 5.75 Å². The third-order valence-electron chi connectivity index (χ3n) is 6.14. The second kappa shape index (κ2) is 12.1. The minimum absolute atomic E-state index is 0.00794. The van der Waals surface area contributed by atoms with Crippen molar-refractivity contribution < 1.29 is 24.2 Å². The number of carbonyl (C=O) groups excluding carboxylic acids is 3. The Kier molecular flexibility index (Phi) is 9.18. The average molecular weight is 510 g/mol. The first-order chi connectivity index (χ1) is 17.4. The van der Waals surface area contributed by atoms with Crippen LogP contribution in [-0.4, -0.2) is 51.6 Å². The predicted molar refractivity (Wildman–Crippen MR) is 142 cm³/mol. The Morgan fingerprint density at radius 2 is 1.70 bits per heavy atom. The first-order valence-corrected chi connectivity index (χ1v) is 12.9. The molecule has 0 aliphatic heterocycles. The monoisotopic (exact) mass is 509 g/mol. The van der Waals surface area contributed by atoms with E-state index < -0.39 is 23.8 Å². The molecule has 2 unspecified atom stereocenters. The molecule has 200 valence electrons. The van der Waals surface area contributed by atoms with Crippen molar-refractivity contribution in [2.24, 2.45) is 0 Å². The first kappa shape index (κ1) is 28.0. The van der Waals surface area contributed by atoms with Crippen LogP contribution in [0.5, 0.6) is 5.75 Å². The summed E-state index contributed by atoms with van der Waals surface area (Å²) >= 11 is 0. The van der Waals surface area contributed by atoms with Gasteiger partial charge in [0.25, 0.3) is 0 Å². The fraction of sp³-hybridized carbons (Fsp3) is 0.483. The highest BCUT2D eigenvalue weighted by atomic mass is 16.6. The van der Waals surface area contributed by atoms with Crippen LogP contribution in [0.1, 0.15) is 71.0 Å². The van der Waals surface area contributed by atoms with Gasteiger partial charge in [-0.1, -0.05) is 42.5 Å². The lowest BCUT2D eigenvalue weighted by Crippen LogP contribution is -2.58. The Labute approximate surface area is 219 Å². The molecule has 2 aromatic carbocycles. The normalized spacial score (nSPS) is 15.3. The van der Waals surface area contributed by atoms with Crippen molar-refractivity contribution in [2.45, 2.75) is 90.1 Å². The van der Waals surface area contributed by atoms with Gasteiger partial charge in [-0.2, -0.15) is 0 Å². The van der Waals surface area contributed by atoms with E-state index in [4.69, 9.17) is 4.74 Å². The number of hydrogen-bond donors (Lipinski definition) is 3. The van der Waals surface area contributed by atoms with Gasteiger partial charge in [0.1, 0.15) is 23.4 Å². The molecule has 0 spiro atoms. The van der Waals surface area contributed by atoms with Crippen LogP contribution in [0.3, 0.4) is 0 Å². The third-order valence-corrected chi connectivity index (χ3v) is 6.14. The first-order valence-electron chi connectivity index (χ1n) is 12.9. The van der Waals surface area contributed by atoms with Crippen LogP contribution in [0.2, 0.25) is 0 Å². The molecule has 3 rings (SSSR count). The third kappa shape index (κ3) is 7.97. The van der Waals surface area contributed by atoms with Crippen molar-refractivity contribution >= 4 is 17.9 Å². The van der Waals surface area contributed by atoms with Crippen molar-refractivity contribution in [1.82, 2.24) is 15.5 Å². The summed E-state index contributed by atoms with van der Waals surface area (Å²) in [5.74, 6) is -0.697. The smallest absolute Gasteiger partial charge is 0.408 e. The number of benzene rings is 2. The summed E-state index contributed by atoms with van der Waals surface area (Å²) in [5.41, 5.74) is 0.638. The van der Waals surface area contributed by atoms with Crippen LogP contribution in [-0.2, 0) is 20.7 Å². The van der Waals surface area contributed by atoms with Crippen LogP contribution in [0.4, 0.5) is 4.79 Å². The Bertz CT molecular complexity index is 1080. The SMILES string of the molecule is CC(C)NC(=O)C(c1cccc(O)c1)N(C(=O)C(Cc1ccccc1)NC(=O)OC(C)(C)C)C1CCC1. The molecule has 37 heavy (non-hydrogen) atoms. The minimum Gasteiger partial charge on any atom is -0.508 e. The Morgan fingerprint density at radius 1 is 1.03 bits per heavy atom. The van der Waals surface area contributed by atoms with E-state index in [9.17, 15) is 19.5 Å². The molecule has 1 saturated carbocycles. The lowest BCUT2D eigenvalue weighted by Gasteiger charge is -2.43. The zero-order valence-corrected chi connectivity index (χ0v) is 22.4. The molecule has 0 aromatic heterocycles. The zero-order valence-electron chi connectivity index (χ0n) is 22.4. The molecule has 2 atom stereocenters. The number of carbonyl (C=O) groups is 3. The van der Waals surface area contributed by atoms with E-state index in [2.05, 4.69) is 10.6 Å². The minimum atomic E-state index is -0.967. The van der Waals surface area contributed by atoms with Gasteiger partial charge in [0.2, 0.25) is 11.8 Å². The predicted octanol–water partition coefficient (Wildman–Crippen LogP) is 4.48. The van der Waals surface area contributed by atoms with Crippen LogP contribution >= 0.6 is 0 Å². The largest absolute Gasteiger partial charge is 0.508 e. The summed E-state index contributed by atoms with van der Waals surface area (Å²) in [4.78, 5) is 42.2. The second-order valence-corrected chi connectivity index (χ2v) is 10.9. The van der Waals surface area contributed by atoms with Crippen molar-refractivity contribution in [1.29, 1.82) is 0 Å². The zero-order chi connectivity index (χ0) is 27.2. The Balaban J connectivity index is 2.03. The molecule has 8 heteroatoms. The van der Waals surface area contributed by atoms with Gasteiger partial charge in [-0.15, -0.1) is 0 Å². The lowest BCUT2D eigenvalue weighted by atomic mass is 9.87. The second-order valence-electron chi connectivity index (χ2n) is 10.9. The van der Waals surface area contributed by atoms with Crippen LogP contribution in [0.15, 0.2) is 54.6 Å². The van der Waals surface area contributed by atoms with E-state index in [0.29, 0.717) is 5.56 Å². The maximum Gasteiger partial charge on any atom is 0.408 e. The van der Waals surface area contributed by atoms with Gasteiger partial charge in [0.15, 0.2) is 0 Å². The highest BCUT2D eigenvalue weighted by molar-refractivity contribution is 5.92. The molecule has 3 N–H and O–H groups in total. The molecule has 2 aromatic rings. The summed E-state index contributed by atoms with van der Waals surface area (Å²) in [6.07, 6.45) is 1.98. The molecule has 3 amide bonds. The molecule has 1 aliphatic rings. The lowest BCUT2D eigenvalue weighted by molar-refractivity contribution is -0.147. The number of nitrogens with one attached hydrogen (secondary N) is 2. The Morgan fingerprint density at radius 3 is 2.24 bits per heavy atom. The van der Waals surface area contributed by atoms with Crippen molar-refractivity contribution in [3.05, 3.63) is 65.7 Å². The topological polar surface area (TPSA) is 108 Å². The molecule has 0 saturated heterocycles. The number of phenolic OH excluding ortho intramolecular Hbond substituents is 1. The number of alkyl carbamates (subject to hydrolysis) is 1. The number of hydrogen-bond acceptors (Lipinski definition) is 5. The number of aromatic hydroxyl groups is 1. The summed E-state index contributed by atoms with van der Waals surface area (Å²) < 4.78 is 5.46. The number of nitrogens with zero attached hydrogens (tertiary/aromatic N) is 1. The molecule has 0 bridgehead atoms. The summed E-state index contributed by atoms with van der Waals surface area (Å²) in [5, 5.41) is 15.9. The van der Waals surface area contributed by atoms with Gasteiger partial charge >= 0.3 is 6.09 Å². The fourth-order valence-electron chi connectivity index (χ4n) is 4.36. The van der Waals surface area contributed by atoms with Crippen molar-refractivity contribution in [3.63, 3.8) is 0 Å². The van der Waals surface area contributed by atoms with E-state index in [1.807, 2.05) is 44.2 Å². The van der Waals surface area contributed by atoms with Crippen LogP contribution in [0.25, 0.3) is 0 Å². The van der Waals surface area contributed by atoms with E-state index >= 15 is 0 Å². The van der Waals surface area contributed by atoms with Gasteiger partial charge < -0.3 is 25.4 Å².